The molecule has 2 aromatic carbocycles. The molecule has 0 aliphatic heterocycles. The third kappa shape index (κ3) is 4.52. The summed E-state index contributed by atoms with van der Waals surface area (Å²) < 4.78 is 26.3. The number of ketones is 1. The molecule has 0 saturated carbocycles. The van der Waals surface area contributed by atoms with Gasteiger partial charge in [0.1, 0.15) is 11.4 Å². The number of carbonyl (C=O) groups excluding carboxylic acids is 1. The molecule has 26 heavy (non-hydrogen) atoms. The van der Waals surface area contributed by atoms with Gasteiger partial charge in [-0.05, 0) is 35.9 Å². The zero-order valence-corrected chi connectivity index (χ0v) is 15.8. The van der Waals surface area contributed by atoms with Gasteiger partial charge < -0.3 is 4.57 Å². The fourth-order valence-electron chi connectivity index (χ4n) is 2.46. The molecule has 0 spiro atoms. The second kappa shape index (κ2) is 7.61. The van der Waals surface area contributed by atoms with E-state index in [0.29, 0.717) is 16.6 Å². The third-order valence-corrected chi connectivity index (χ3v) is 5.70. The van der Waals surface area contributed by atoms with Gasteiger partial charge in [-0.25, -0.2) is 13.4 Å². The third-order valence-electron chi connectivity index (χ3n) is 3.63. The van der Waals surface area contributed by atoms with Crippen LogP contribution in [0.1, 0.15) is 16.1 Å². The second-order valence-electron chi connectivity index (χ2n) is 5.70. The summed E-state index contributed by atoms with van der Waals surface area (Å²) in [5, 5.41) is 1.02. The van der Waals surface area contributed by atoms with Gasteiger partial charge in [0.2, 0.25) is 0 Å². The van der Waals surface area contributed by atoms with Crippen LogP contribution < -0.4 is 0 Å². The normalized spacial score (nSPS) is 11.5. The molecule has 0 aliphatic rings. The van der Waals surface area contributed by atoms with Crippen LogP contribution in [0.3, 0.4) is 0 Å². The van der Waals surface area contributed by atoms with E-state index in [1.54, 1.807) is 41.0 Å². The predicted molar refractivity (Wildman–Crippen MR) is 101 cm³/mol. The molecule has 3 rings (SSSR count). The van der Waals surface area contributed by atoms with Gasteiger partial charge in [0, 0.05) is 22.8 Å². The van der Waals surface area contributed by atoms with Crippen LogP contribution in [-0.4, -0.2) is 29.5 Å². The smallest absolute Gasteiger partial charge is 0.198 e. The predicted octanol–water partition coefficient (Wildman–Crippen LogP) is 3.89. The molecule has 1 heterocycles. The van der Waals surface area contributed by atoms with Crippen molar-refractivity contribution < 1.29 is 13.2 Å². The summed E-state index contributed by atoms with van der Waals surface area (Å²) >= 11 is 11.9. The number of imidazole rings is 1. The number of Topliss-reactive ketones (excluding diaryl/α,β-unsaturated/α-hetero) is 1. The highest BCUT2D eigenvalue weighted by Crippen LogP contribution is 2.20. The quantitative estimate of drug-likeness (QED) is 0.580. The van der Waals surface area contributed by atoms with Crippen molar-refractivity contribution in [1.82, 2.24) is 9.55 Å². The fourth-order valence-corrected chi connectivity index (χ4v) is 4.26. The summed E-state index contributed by atoms with van der Waals surface area (Å²) in [6.45, 7) is 0.409. The minimum Gasteiger partial charge on any atom is -0.332 e. The summed E-state index contributed by atoms with van der Waals surface area (Å²) in [7, 11) is -3.70. The van der Waals surface area contributed by atoms with Crippen LogP contribution in [0.5, 0.6) is 0 Å². The molecule has 3 aromatic rings. The standard InChI is InChI=1S/C18H14Cl2N2O3S/c19-14-6-13(7-15(20)8-14)9-22-10-17(21-12-22)18(23)11-26(24,25)16-4-2-1-3-5-16/h1-8,10,12H,9,11H2. The molecule has 0 saturated heterocycles. The molecule has 0 aliphatic carbocycles. The van der Waals surface area contributed by atoms with Gasteiger partial charge in [0.05, 0.1) is 11.2 Å². The molecule has 5 nitrogen and oxygen atoms in total. The summed E-state index contributed by atoms with van der Waals surface area (Å²) in [5.41, 5.74) is 0.938. The lowest BCUT2D eigenvalue weighted by molar-refractivity contribution is 0.101. The van der Waals surface area contributed by atoms with Gasteiger partial charge in [-0.15, -0.1) is 0 Å². The monoisotopic (exact) mass is 408 g/mol. The van der Waals surface area contributed by atoms with Gasteiger partial charge in [-0.2, -0.15) is 0 Å². The Bertz CT molecular complexity index is 1030. The Morgan fingerprint density at radius 1 is 1.04 bits per heavy atom. The number of rotatable bonds is 6. The van der Waals surface area contributed by atoms with Gasteiger partial charge in [-0.3, -0.25) is 4.79 Å². The molecule has 8 heteroatoms. The van der Waals surface area contributed by atoms with Gasteiger partial charge >= 0.3 is 0 Å². The van der Waals surface area contributed by atoms with Crippen molar-refractivity contribution in [1.29, 1.82) is 0 Å². The van der Waals surface area contributed by atoms with Crippen LogP contribution in [0.25, 0.3) is 0 Å². The average molecular weight is 409 g/mol. The van der Waals surface area contributed by atoms with Crippen LogP contribution in [-0.2, 0) is 16.4 Å². The number of aromatic nitrogens is 2. The second-order valence-corrected chi connectivity index (χ2v) is 8.57. The van der Waals surface area contributed by atoms with Gasteiger partial charge in [-0.1, -0.05) is 41.4 Å². The summed E-state index contributed by atoms with van der Waals surface area (Å²) in [6, 6.07) is 13.0. The van der Waals surface area contributed by atoms with Gasteiger partial charge in [0.25, 0.3) is 0 Å². The highest BCUT2D eigenvalue weighted by molar-refractivity contribution is 7.92. The lowest BCUT2D eigenvalue weighted by atomic mass is 10.2. The maximum atomic E-state index is 12.3. The zero-order valence-electron chi connectivity index (χ0n) is 13.5. The Kier molecular flexibility index (Phi) is 5.46. The average Bonchev–Trinajstić information content (AvgIpc) is 3.03. The Morgan fingerprint density at radius 2 is 1.69 bits per heavy atom. The number of sulfone groups is 1. The minimum absolute atomic E-state index is 0.0950. The summed E-state index contributed by atoms with van der Waals surface area (Å²) in [4.78, 5) is 16.4. The van der Waals surface area contributed by atoms with E-state index in [0.717, 1.165) is 5.56 Å². The zero-order chi connectivity index (χ0) is 18.7. The lowest BCUT2D eigenvalue weighted by Gasteiger charge is -2.04. The van der Waals surface area contributed by atoms with E-state index < -0.39 is 21.4 Å². The highest BCUT2D eigenvalue weighted by Gasteiger charge is 2.21. The van der Waals surface area contributed by atoms with Crippen LogP contribution in [0.4, 0.5) is 0 Å². The summed E-state index contributed by atoms with van der Waals surface area (Å²) in [5.74, 6) is -1.19. The van der Waals surface area contributed by atoms with Crippen LogP contribution in [0.2, 0.25) is 10.0 Å². The molecule has 0 fully saturated rings. The van der Waals surface area contributed by atoms with Crippen LogP contribution in [0.15, 0.2) is 66.0 Å². The largest absolute Gasteiger partial charge is 0.332 e. The first kappa shape index (κ1) is 18.6. The maximum absolute atomic E-state index is 12.3. The molecule has 1 aromatic heterocycles. The first-order valence-electron chi connectivity index (χ1n) is 7.61. The van der Waals surface area contributed by atoms with E-state index >= 15 is 0 Å². The van der Waals surface area contributed by atoms with Crippen LogP contribution in [0, 0.1) is 0 Å². The number of hydrogen-bond donors (Lipinski definition) is 0. The van der Waals surface area contributed by atoms with Crippen LogP contribution >= 0.6 is 23.2 Å². The van der Waals surface area contributed by atoms with Crippen molar-refractivity contribution in [3.8, 4) is 0 Å². The number of halogens is 2. The maximum Gasteiger partial charge on any atom is 0.198 e. The molecule has 0 amide bonds. The first-order valence-corrected chi connectivity index (χ1v) is 10.0. The van der Waals surface area contributed by atoms with E-state index in [1.165, 1.54) is 24.7 Å². The molecule has 0 unspecified atom stereocenters. The lowest BCUT2D eigenvalue weighted by Crippen LogP contribution is -2.16. The number of carbonyl (C=O) groups is 1. The molecule has 0 radical (unpaired) electrons. The molecule has 0 bridgehead atoms. The molecule has 0 atom stereocenters. The number of benzene rings is 2. The fraction of sp³-hybridized carbons (Fsp3) is 0.111. The van der Waals surface area contributed by atoms with E-state index in [4.69, 9.17) is 23.2 Å². The Labute approximate surface area is 161 Å². The van der Waals surface area contributed by atoms with Crippen molar-refractivity contribution in [3.05, 3.63) is 82.4 Å². The molecular formula is C18H14Cl2N2O3S. The van der Waals surface area contributed by atoms with E-state index in [-0.39, 0.29) is 10.6 Å². The molecular weight excluding hydrogens is 395 g/mol. The Hall–Kier alpha value is -2.15. The molecule has 0 N–H and O–H groups in total. The number of hydrogen-bond acceptors (Lipinski definition) is 4. The summed E-state index contributed by atoms with van der Waals surface area (Å²) in [6.07, 6.45) is 2.98. The van der Waals surface area contributed by atoms with Crippen molar-refractivity contribution >= 4 is 38.8 Å². The minimum atomic E-state index is -3.70. The number of nitrogens with zero attached hydrogens (tertiary/aromatic N) is 2. The topological polar surface area (TPSA) is 69.0 Å². The first-order chi connectivity index (χ1) is 12.3. The van der Waals surface area contributed by atoms with E-state index in [1.807, 2.05) is 0 Å². The van der Waals surface area contributed by atoms with E-state index in [9.17, 15) is 13.2 Å². The van der Waals surface area contributed by atoms with Gasteiger partial charge in [0.15, 0.2) is 15.6 Å². The van der Waals surface area contributed by atoms with Crippen molar-refractivity contribution in [2.75, 3.05) is 5.75 Å². The van der Waals surface area contributed by atoms with Crippen molar-refractivity contribution in [3.63, 3.8) is 0 Å². The van der Waals surface area contributed by atoms with Crippen molar-refractivity contribution in [2.24, 2.45) is 0 Å². The van der Waals surface area contributed by atoms with Crippen molar-refractivity contribution in [2.45, 2.75) is 11.4 Å². The van der Waals surface area contributed by atoms with E-state index in [2.05, 4.69) is 4.98 Å². The Morgan fingerprint density at radius 3 is 2.35 bits per heavy atom. The molecule has 134 valence electrons. The SMILES string of the molecule is O=C(CS(=O)(=O)c1ccccc1)c1cn(Cc2cc(Cl)cc(Cl)c2)cn1. The Balaban J connectivity index is 1.74. The highest BCUT2D eigenvalue weighted by atomic mass is 35.5.